The minimum absolute atomic E-state index is 0.0936. The molecule has 0 unspecified atom stereocenters. The Kier molecular flexibility index (Phi) is 17.1. The Labute approximate surface area is 439 Å². The van der Waals surface area contributed by atoms with Gasteiger partial charge in [0.2, 0.25) is 0 Å². The third-order valence-corrected chi connectivity index (χ3v) is 19.0. The van der Waals surface area contributed by atoms with Crippen molar-refractivity contribution in [3.8, 4) is 0 Å². The highest BCUT2D eigenvalue weighted by Gasteiger charge is 2.77. The molecule has 0 radical (unpaired) electrons. The molecule has 75 heavy (non-hydrogen) atoms. The lowest BCUT2D eigenvalue weighted by Crippen LogP contribution is -2.75. The molecule has 4 saturated heterocycles. The zero-order valence-electron chi connectivity index (χ0n) is 44.8. The van der Waals surface area contributed by atoms with E-state index < -0.39 is 157 Å². The maximum atomic E-state index is 13.7. The van der Waals surface area contributed by atoms with Crippen molar-refractivity contribution in [3.05, 3.63) is 47.5 Å². The van der Waals surface area contributed by atoms with E-state index in [1.165, 1.54) is 14.0 Å². The van der Waals surface area contributed by atoms with E-state index in [1.807, 2.05) is 26.8 Å². The quantitative estimate of drug-likeness (QED) is 0.109. The van der Waals surface area contributed by atoms with Crippen molar-refractivity contribution in [2.45, 2.75) is 234 Å². The van der Waals surface area contributed by atoms with Gasteiger partial charge < -0.3 is 87.5 Å². The molecule has 9 rings (SSSR count). The summed E-state index contributed by atoms with van der Waals surface area (Å²) in [6.07, 6.45) is -9.29. The van der Waals surface area contributed by atoms with Crippen molar-refractivity contribution in [3.63, 3.8) is 0 Å². The number of carbonyl (C=O) groups is 2. The number of methoxy groups -OCH3 is 3. The van der Waals surface area contributed by atoms with E-state index >= 15 is 0 Å². The summed E-state index contributed by atoms with van der Waals surface area (Å²) in [7, 11) is 4.75. The number of rotatable bonds is 15. The van der Waals surface area contributed by atoms with E-state index in [2.05, 4.69) is 13.0 Å². The van der Waals surface area contributed by atoms with E-state index in [-0.39, 0.29) is 37.6 Å². The molecular formula is C55H82O20. The summed E-state index contributed by atoms with van der Waals surface area (Å²) in [5, 5.41) is 66.7. The fourth-order valence-corrected chi connectivity index (χ4v) is 14.7. The normalized spacial score (nSPS) is 48.9. The van der Waals surface area contributed by atoms with Gasteiger partial charge in [0, 0.05) is 57.8 Å². The Hall–Kier alpha value is -2.58. The van der Waals surface area contributed by atoms with Crippen molar-refractivity contribution < 1.29 is 97.1 Å². The minimum Gasteiger partial charge on any atom is -0.458 e. The Bertz CT molecular complexity index is 2170. The zero-order valence-corrected chi connectivity index (χ0v) is 44.8. The van der Waals surface area contributed by atoms with E-state index in [1.54, 1.807) is 45.4 Å². The van der Waals surface area contributed by atoms with Crippen LogP contribution in [0.25, 0.3) is 0 Å². The lowest BCUT2D eigenvalue weighted by atomic mass is 9.43. The van der Waals surface area contributed by atoms with Gasteiger partial charge in [0.05, 0.1) is 54.9 Å². The van der Waals surface area contributed by atoms with Crippen LogP contribution >= 0.6 is 0 Å². The van der Waals surface area contributed by atoms with Crippen molar-refractivity contribution in [2.24, 2.45) is 22.7 Å². The van der Waals surface area contributed by atoms with Crippen molar-refractivity contribution in [1.29, 1.82) is 0 Å². The summed E-state index contributed by atoms with van der Waals surface area (Å²) in [5.41, 5.74) is -3.51. The van der Waals surface area contributed by atoms with Crippen LogP contribution in [-0.2, 0) is 61.6 Å². The van der Waals surface area contributed by atoms with Crippen LogP contribution in [0.5, 0.6) is 0 Å². The first-order chi connectivity index (χ1) is 35.6. The molecule has 4 aliphatic heterocycles. The summed E-state index contributed by atoms with van der Waals surface area (Å²) in [4.78, 5) is 27.0. The van der Waals surface area contributed by atoms with Gasteiger partial charge in [-0.1, -0.05) is 43.7 Å². The van der Waals surface area contributed by atoms with Gasteiger partial charge in [0.1, 0.15) is 65.8 Å². The number of carbonyl (C=O) groups excluding carboxylic acids is 2. The molecule has 4 aliphatic carbocycles. The SMILES string of the molecule is CO[C@H]1C[C@H](O[C@H]2CC[C@@]3(C)C(=CC[C@]4(O)[C@@H]3C[C@@H](OC(=O)c3ccccc3)[C@]3(C)[C@@H](C(C)=O)CC[C@@]34O)C2)O[C@H](C)[C@H]1O[C@H]1C[C@H](OC)[C@H](O[C@H]2C[C@@H](OC)[C@@H](O[C@@H]3O[C@H](CO)[C@@H](O)[C@H](O)[C@H]3O)[C@@H](C)O2)[C@@H](C)O1. The molecule has 0 bridgehead atoms. The van der Waals surface area contributed by atoms with Crippen molar-refractivity contribution >= 4 is 11.8 Å². The molecule has 0 amide bonds. The number of aliphatic hydroxyl groups excluding tert-OH is 4. The predicted molar refractivity (Wildman–Crippen MR) is 262 cm³/mol. The summed E-state index contributed by atoms with van der Waals surface area (Å²) in [6, 6.07) is 8.73. The first-order valence-corrected chi connectivity index (χ1v) is 27.0. The van der Waals surface area contributed by atoms with Crippen LogP contribution in [0.2, 0.25) is 0 Å². The van der Waals surface area contributed by atoms with Gasteiger partial charge in [-0.3, -0.25) is 4.79 Å². The molecule has 1 aromatic rings. The second-order valence-corrected chi connectivity index (χ2v) is 23.0. The molecule has 7 fully saturated rings. The van der Waals surface area contributed by atoms with Crippen LogP contribution in [0.1, 0.15) is 116 Å². The molecule has 422 valence electrons. The third-order valence-electron chi connectivity index (χ3n) is 19.0. The second kappa shape index (κ2) is 22.5. The average Bonchev–Trinajstić information content (AvgIpc) is 3.79. The molecule has 0 aromatic heterocycles. The number of hydrogen-bond acceptors (Lipinski definition) is 20. The van der Waals surface area contributed by atoms with Gasteiger partial charge in [-0.05, 0) is 90.2 Å². The minimum atomic E-state index is -1.69. The maximum Gasteiger partial charge on any atom is 0.338 e. The van der Waals surface area contributed by atoms with E-state index in [0.29, 0.717) is 44.1 Å². The first kappa shape index (κ1) is 57.1. The Balaban J connectivity index is 0.804. The molecule has 3 saturated carbocycles. The van der Waals surface area contributed by atoms with E-state index in [4.69, 9.17) is 56.8 Å². The number of esters is 1. The summed E-state index contributed by atoms with van der Waals surface area (Å²) < 4.78 is 75.0. The van der Waals surface area contributed by atoms with Crippen LogP contribution in [0.15, 0.2) is 42.0 Å². The second-order valence-electron chi connectivity index (χ2n) is 23.0. The highest BCUT2D eigenvalue weighted by atomic mass is 16.8. The number of ketones is 1. The number of Topliss-reactive ketones (excluding diaryl/α,β-unsaturated/α-hetero) is 1. The monoisotopic (exact) mass is 1060 g/mol. The number of fused-ring (bicyclic) bond motifs is 5. The molecule has 4 heterocycles. The van der Waals surface area contributed by atoms with Crippen LogP contribution in [0.4, 0.5) is 0 Å². The number of benzene rings is 1. The molecular weight excluding hydrogens is 981 g/mol. The summed E-state index contributed by atoms with van der Waals surface area (Å²) >= 11 is 0. The molecule has 6 N–H and O–H groups in total. The lowest BCUT2D eigenvalue weighted by Gasteiger charge is -2.66. The topological polar surface area (TPSA) is 266 Å². The van der Waals surface area contributed by atoms with Crippen LogP contribution in [-0.4, -0.2) is 198 Å². The molecule has 0 spiro atoms. The summed E-state index contributed by atoms with van der Waals surface area (Å²) in [5.74, 6) is -1.68. The largest absolute Gasteiger partial charge is 0.458 e. The standard InChI is InChI=1S/C55H82O20/c1-27(57)34-17-20-55(63)53(34,6)40(72-50(61)31-13-11-10-12-14-31)25-39-52(5)18-16-33(21-32(52)15-19-54(39,55)62)70-41-22-35(64-7)47(28(2)67-41)73-42-23-36(65-8)48(29(3)68-42)74-43-24-37(66-9)49(30(4)69-43)75-51-46(60)45(59)44(58)38(26-56)71-51/h10-15,28-30,33-49,51,56,58-60,62-63H,16-26H2,1-9H3/t28-,29-,30-,33+,34-,35+,36+,37-,38-,39-,40-,41+,42+,43+,44-,45+,46-,47-,48-,49+,51+,52+,53+,54+,55-/m1/s1. The van der Waals surface area contributed by atoms with E-state index in [0.717, 1.165) is 5.57 Å². The number of ether oxygens (including phenoxy) is 12. The highest BCUT2D eigenvalue weighted by molar-refractivity contribution is 5.89. The van der Waals surface area contributed by atoms with Gasteiger partial charge in [0.15, 0.2) is 25.2 Å². The lowest BCUT2D eigenvalue weighted by molar-refractivity contribution is -0.357. The smallest absolute Gasteiger partial charge is 0.338 e. The zero-order chi connectivity index (χ0) is 53.9. The van der Waals surface area contributed by atoms with Crippen molar-refractivity contribution in [2.75, 3.05) is 27.9 Å². The maximum absolute atomic E-state index is 13.7. The predicted octanol–water partition coefficient (Wildman–Crippen LogP) is 3.01. The average molecular weight is 1060 g/mol. The molecule has 25 atom stereocenters. The van der Waals surface area contributed by atoms with Crippen LogP contribution in [0.3, 0.4) is 0 Å². The van der Waals surface area contributed by atoms with Gasteiger partial charge in [-0.2, -0.15) is 0 Å². The van der Waals surface area contributed by atoms with Crippen LogP contribution < -0.4 is 0 Å². The summed E-state index contributed by atoms with van der Waals surface area (Å²) in [6.45, 7) is 10.5. The Morgan fingerprint density at radius 3 is 1.77 bits per heavy atom. The van der Waals surface area contributed by atoms with Crippen LogP contribution in [0, 0.1) is 22.7 Å². The van der Waals surface area contributed by atoms with Crippen molar-refractivity contribution in [1.82, 2.24) is 0 Å². The number of hydrogen-bond donors (Lipinski definition) is 6. The fraction of sp³-hybridized carbons (Fsp3) is 0.818. The molecule has 20 nitrogen and oxygen atoms in total. The van der Waals surface area contributed by atoms with Gasteiger partial charge in [-0.25, -0.2) is 4.79 Å². The first-order valence-electron chi connectivity index (χ1n) is 27.0. The molecule has 1 aromatic carbocycles. The van der Waals surface area contributed by atoms with Gasteiger partial charge in [-0.15, -0.1) is 0 Å². The third kappa shape index (κ3) is 10.2. The highest BCUT2D eigenvalue weighted by Crippen LogP contribution is 2.70. The molecule has 8 aliphatic rings. The molecule has 20 heteroatoms. The Morgan fingerprint density at radius 2 is 1.24 bits per heavy atom. The van der Waals surface area contributed by atoms with Gasteiger partial charge >= 0.3 is 5.97 Å². The van der Waals surface area contributed by atoms with E-state index in [9.17, 15) is 40.2 Å². The fourth-order valence-electron chi connectivity index (χ4n) is 14.7. The van der Waals surface area contributed by atoms with Gasteiger partial charge in [0.25, 0.3) is 0 Å². The number of aliphatic hydroxyl groups is 6. The Morgan fingerprint density at radius 1 is 0.693 bits per heavy atom.